The third kappa shape index (κ3) is 3.35. The van der Waals surface area contributed by atoms with E-state index < -0.39 is 0 Å². The van der Waals surface area contributed by atoms with Crippen molar-refractivity contribution in [2.75, 3.05) is 5.32 Å². The monoisotopic (exact) mass is 387 g/mol. The van der Waals surface area contributed by atoms with Crippen molar-refractivity contribution in [1.82, 2.24) is 0 Å². The van der Waals surface area contributed by atoms with Crippen molar-refractivity contribution in [1.29, 1.82) is 0 Å². The predicted octanol–water partition coefficient (Wildman–Crippen LogP) is 6.94. The van der Waals surface area contributed by atoms with E-state index in [9.17, 15) is 4.39 Å². The first-order valence-corrected chi connectivity index (χ1v) is 10.8. The van der Waals surface area contributed by atoms with Gasteiger partial charge < -0.3 is 5.32 Å². The molecule has 0 fully saturated rings. The Morgan fingerprint density at radius 1 is 0.964 bits per heavy atom. The number of thioether (sulfide) groups is 1. The van der Waals surface area contributed by atoms with Crippen LogP contribution in [0, 0.1) is 11.7 Å². The summed E-state index contributed by atoms with van der Waals surface area (Å²) in [5.74, 6) is 1.63. The lowest BCUT2D eigenvalue weighted by molar-refractivity contribution is 0.424. The van der Waals surface area contributed by atoms with E-state index in [1.54, 1.807) is 6.07 Å². The summed E-state index contributed by atoms with van der Waals surface area (Å²) in [5, 5.41) is 3.70. The summed E-state index contributed by atoms with van der Waals surface area (Å²) in [4.78, 5) is 1.29. The summed E-state index contributed by atoms with van der Waals surface area (Å²) < 4.78 is 13.8. The number of nitrogens with one attached hydrogen (secondary N) is 1. The van der Waals surface area contributed by atoms with Crippen LogP contribution in [0.5, 0.6) is 0 Å². The number of anilines is 1. The second-order valence-electron chi connectivity index (χ2n) is 7.55. The Hall–Kier alpha value is -2.52. The van der Waals surface area contributed by atoms with Crippen LogP contribution in [0.2, 0.25) is 0 Å². The Morgan fingerprint density at radius 3 is 2.71 bits per heavy atom. The van der Waals surface area contributed by atoms with Gasteiger partial charge in [0.15, 0.2) is 0 Å². The molecule has 1 aliphatic carbocycles. The molecule has 3 atom stereocenters. The van der Waals surface area contributed by atoms with Crippen LogP contribution in [0.15, 0.2) is 89.8 Å². The number of allylic oxidation sites excluding steroid dienone is 2. The standard InChI is InChI=1S/C25H22FNS/c26-19-7-4-6-18(15-19)25-22-11-5-10-21(22)23-14-17(12-13-24(23)27-25)16-28-20-8-2-1-3-9-20/h1-10,12-15,21-22,25,27H,11,16H2/t21-,22+,25+/m1/s1. The Morgan fingerprint density at radius 2 is 1.86 bits per heavy atom. The number of hydrogen-bond acceptors (Lipinski definition) is 2. The van der Waals surface area contributed by atoms with Crippen molar-refractivity contribution < 1.29 is 4.39 Å². The molecule has 3 aromatic rings. The van der Waals surface area contributed by atoms with Gasteiger partial charge in [-0.15, -0.1) is 11.8 Å². The van der Waals surface area contributed by atoms with E-state index >= 15 is 0 Å². The molecule has 2 aliphatic rings. The van der Waals surface area contributed by atoms with Crippen LogP contribution >= 0.6 is 11.8 Å². The highest BCUT2D eigenvalue weighted by Crippen LogP contribution is 2.50. The van der Waals surface area contributed by atoms with Gasteiger partial charge in [0.25, 0.3) is 0 Å². The van der Waals surface area contributed by atoms with Crippen LogP contribution in [0.25, 0.3) is 0 Å². The first kappa shape index (κ1) is 17.6. The third-order valence-corrected chi connectivity index (χ3v) is 6.87. The quantitative estimate of drug-likeness (QED) is 0.384. The number of rotatable bonds is 4. The van der Waals surface area contributed by atoms with E-state index in [-0.39, 0.29) is 11.9 Å². The van der Waals surface area contributed by atoms with E-state index in [0.717, 1.165) is 17.7 Å². The molecule has 0 bridgehead atoms. The molecule has 0 radical (unpaired) electrons. The van der Waals surface area contributed by atoms with Crippen molar-refractivity contribution in [3.05, 3.63) is 107 Å². The lowest BCUT2D eigenvalue weighted by Gasteiger charge is -2.37. The zero-order chi connectivity index (χ0) is 18.9. The molecule has 0 saturated carbocycles. The second kappa shape index (κ2) is 7.48. The molecule has 140 valence electrons. The van der Waals surface area contributed by atoms with Crippen LogP contribution < -0.4 is 5.32 Å². The predicted molar refractivity (Wildman–Crippen MR) is 115 cm³/mol. The maximum absolute atomic E-state index is 13.8. The van der Waals surface area contributed by atoms with E-state index in [0.29, 0.717) is 11.8 Å². The first-order valence-electron chi connectivity index (χ1n) is 9.77. The molecule has 1 N–H and O–H groups in total. The zero-order valence-electron chi connectivity index (χ0n) is 15.5. The lowest BCUT2D eigenvalue weighted by atomic mass is 9.76. The molecule has 0 spiro atoms. The smallest absolute Gasteiger partial charge is 0.123 e. The summed E-state index contributed by atoms with van der Waals surface area (Å²) >= 11 is 1.87. The highest BCUT2D eigenvalue weighted by Gasteiger charge is 2.37. The molecule has 1 nitrogen and oxygen atoms in total. The fourth-order valence-corrected chi connectivity index (χ4v) is 5.31. The fraction of sp³-hybridized carbons (Fsp3) is 0.200. The van der Waals surface area contributed by atoms with Gasteiger partial charge in [0.2, 0.25) is 0 Å². The minimum Gasteiger partial charge on any atom is -0.378 e. The largest absolute Gasteiger partial charge is 0.378 e. The van der Waals surface area contributed by atoms with Crippen molar-refractivity contribution in [2.45, 2.75) is 29.0 Å². The lowest BCUT2D eigenvalue weighted by Crippen LogP contribution is -2.29. The number of fused-ring (bicyclic) bond motifs is 3. The zero-order valence-corrected chi connectivity index (χ0v) is 16.3. The molecule has 0 unspecified atom stereocenters. The molecule has 1 aliphatic heterocycles. The van der Waals surface area contributed by atoms with Crippen molar-refractivity contribution in [2.24, 2.45) is 5.92 Å². The molecule has 1 heterocycles. The van der Waals surface area contributed by atoms with Crippen molar-refractivity contribution in [3.8, 4) is 0 Å². The molecule has 3 heteroatoms. The molecular formula is C25H22FNS. The maximum Gasteiger partial charge on any atom is 0.123 e. The normalized spacial score (nSPS) is 22.4. The topological polar surface area (TPSA) is 12.0 Å². The number of benzene rings is 3. The Balaban J connectivity index is 1.42. The maximum atomic E-state index is 13.8. The Labute approximate surface area is 169 Å². The fourth-order valence-electron chi connectivity index (χ4n) is 4.45. The van der Waals surface area contributed by atoms with E-state index in [1.165, 1.54) is 27.8 Å². The van der Waals surface area contributed by atoms with Crippen molar-refractivity contribution in [3.63, 3.8) is 0 Å². The van der Waals surface area contributed by atoms with E-state index in [4.69, 9.17) is 0 Å². The molecule has 0 amide bonds. The van der Waals surface area contributed by atoms with Gasteiger partial charge in [0.05, 0.1) is 6.04 Å². The van der Waals surface area contributed by atoms with Gasteiger partial charge in [0.1, 0.15) is 5.82 Å². The van der Waals surface area contributed by atoms with Gasteiger partial charge in [-0.25, -0.2) is 4.39 Å². The number of hydrogen-bond donors (Lipinski definition) is 1. The van der Waals surface area contributed by atoms with E-state index in [2.05, 4.69) is 66.0 Å². The summed E-state index contributed by atoms with van der Waals surface area (Å²) in [6.45, 7) is 0. The second-order valence-corrected chi connectivity index (χ2v) is 8.60. The highest BCUT2D eigenvalue weighted by atomic mass is 32.2. The van der Waals surface area contributed by atoms with Crippen molar-refractivity contribution >= 4 is 17.4 Å². The summed E-state index contributed by atoms with van der Waals surface area (Å²) in [6, 6.07) is 24.5. The third-order valence-electron chi connectivity index (χ3n) is 5.78. The van der Waals surface area contributed by atoms with Gasteiger partial charge in [-0.3, -0.25) is 0 Å². The summed E-state index contributed by atoms with van der Waals surface area (Å²) in [5.41, 5.74) is 4.93. The van der Waals surface area contributed by atoms with E-state index in [1.807, 2.05) is 23.9 Å². The Bertz CT molecular complexity index is 1010. The Kier molecular flexibility index (Phi) is 4.69. The average molecular weight is 388 g/mol. The first-order chi connectivity index (χ1) is 13.8. The summed E-state index contributed by atoms with van der Waals surface area (Å²) in [6.07, 6.45) is 5.65. The molecule has 0 saturated heterocycles. The molecule has 5 rings (SSSR count). The van der Waals surface area contributed by atoms with Crippen LogP contribution in [-0.4, -0.2) is 0 Å². The van der Waals surface area contributed by atoms with Gasteiger partial charge in [-0.05, 0) is 59.4 Å². The van der Waals surface area contributed by atoms with Crippen LogP contribution in [-0.2, 0) is 5.75 Å². The molecule has 0 aromatic heterocycles. The van der Waals surface area contributed by atoms with Gasteiger partial charge in [-0.2, -0.15) is 0 Å². The number of halogens is 1. The van der Waals surface area contributed by atoms with Crippen LogP contribution in [0.3, 0.4) is 0 Å². The minimum atomic E-state index is -0.166. The van der Waals surface area contributed by atoms with Gasteiger partial charge in [0, 0.05) is 22.3 Å². The minimum absolute atomic E-state index is 0.146. The highest BCUT2D eigenvalue weighted by molar-refractivity contribution is 7.98. The molecule has 28 heavy (non-hydrogen) atoms. The van der Waals surface area contributed by atoms with Gasteiger partial charge in [-0.1, -0.05) is 54.6 Å². The summed E-state index contributed by atoms with van der Waals surface area (Å²) in [7, 11) is 0. The van der Waals surface area contributed by atoms with Crippen LogP contribution in [0.1, 0.15) is 35.1 Å². The molecular weight excluding hydrogens is 365 g/mol. The van der Waals surface area contributed by atoms with Crippen LogP contribution in [0.4, 0.5) is 10.1 Å². The SMILES string of the molecule is Fc1cccc([C@@H]2Nc3ccc(CSc4ccccc4)cc3[C@@H]3C=CC[C@@H]32)c1. The van der Waals surface area contributed by atoms with Gasteiger partial charge >= 0.3 is 0 Å². The molecule has 3 aromatic carbocycles. The average Bonchev–Trinajstić information content (AvgIpc) is 3.23.